The summed E-state index contributed by atoms with van der Waals surface area (Å²) in [4.78, 5) is 118. The Labute approximate surface area is 517 Å². The van der Waals surface area contributed by atoms with Gasteiger partial charge in [-0.15, -0.1) is 0 Å². The second kappa shape index (κ2) is 35.9. The van der Waals surface area contributed by atoms with Gasteiger partial charge >= 0.3 is 18.2 Å². The van der Waals surface area contributed by atoms with Gasteiger partial charge in [-0.2, -0.15) is 0 Å². The van der Waals surface area contributed by atoms with Crippen molar-refractivity contribution < 1.29 is 76.7 Å². The quantitative estimate of drug-likeness (QED) is 0.0203. The molecule has 88 heavy (non-hydrogen) atoms. The lowest BCUT2D eigenvalue weighted by Crippen LogP contribution is -2.54. The Morgan fingerprint density at radius 1 is 0.818 bits per heavy atom. The van der Waals surface area contributed by atoms with Crippen molar-refractivity contribution in [2.75, 3.05) is 78.1 Å². The zero-order valence-corrected chi connectivity index (χ0v) is 52.9. The largest absolute Gasteiger partial charge is 0.447 e. The van der Waals surface area contributed by atoms with Gasteiger partial charge in [0.25, 0.3) is 11.8 Å². The number of nitrogens with one attached hydrogen (secondary N) is 5. The predicted molar refractivity (Wildman–Crippen MR) is 327 cm³/mol. The van der Waals surface area contributed by atoms with Crippen molar-refractivity contribution in [3.8, 4) is 0 Å². The molecule has 1 aromatic rings. The Balaban J connectivity index is 0.932. The Morgan fingerprint density at radius 3 is 2.12 bits per heavy atom. The van der Waals surface area contributed by atoms with Gasteiger partial charge in [0.2, 0.25) is 23.6 Å². The molecule has 8 N–H and O–H groups in total. The van der Waals surface area contributed by atoms with Gasteiger partial charge in [0, 0.05) is 89.5 Å². The van der Waals surface area contributed by atoms with E-state index in [4.69, 9.17) is 34.2 Å². The summed E-state index contributed by atoms with van der Waals surface area (Å²) in [7, 11) is 1.62. The summed E-state index contributed by atoms with van der Waals surface area (Å²) in [5.41, 5.74) is 7.09. The standard InChI is InChI=1S/C63H97N9O16/c1-40(2)54(69-51(75)18-11-10-12-29-72-52(76)25-26-53(72)77)59(79)68-49(17-14-28-65-60(64)80)58(78)67-47-22-20-46(21-23-47)39-86-62(82)71-32-30-70(31-33-71)61(81)85-36-35-84-34-27-50(74)66-38-48-24-19-43(5)55(87-48)42(4)16-13-15-41(3)37-63(8)57(88-63)44(6)56(83-9)45(7)73/h13,15-16,20-23,25-26,40-41,43-45,48-49,54-57,73H,10-12,14,17-19,24,27-39H2,1-9H3,(H,66,74)(H,67,78)(H,68,79)(H,69,75)(H3,64,65,80)/b15-13+,42-16+/t41-,43+,44-,45-,48-,49+,54+,55-,56-,57-,63-/m1/s1. The maximum atomic E-state index is 13.6. The van der Waals surface area contributed by atoms with Crippen LogP contribution in [-0.4, -0.2) is 194 Å². The molecular weight excluding hydrogens is 1140 g/mol. The highest BCUT2D eigenvalue weighted by atomic mass is 16.6. The van der Waals surface area contributed by atoms with Crippen LogP contribution in [0.3, 0.4) is 0 Å². The zero-order chi connectivity index (χ0) is 64.5. The van der Waals surface area contributed by atoms with E-state index in [1.165, 1.54) is 22.0 Å². The van der Waals surface area contributed by atoms with Crippen LogP contribution in [0, 0.1) is 23.7 Å². The molecule has 0 saturated carbocycles. The van der Waals surface area contributed by atoms with Crippen molar-refractivity contribution in [3.05, 3.63) is 65.8 Å². The summed E-state index contributed by atoms with van der Waals surface area (Å²) in [6.45, 7) is 17.7. The van der Waals surface area contributed by atoms with Crippen LogP contribution in [0.2, 0.25) is 0 Å². The van der Waals surface area contributed by atoms with E-state index in [1.807, 2.05) is 0 Å². The summed E-state index contributed by atoms with van der Waals surface area (Å²) in [5, 5.41) is 23.9. The molecule has 490 valence electrons. The fourth-order valence-electron chi connectivity index (χ4n) is 11.3. The first-order valence-corrected chi connectivity index (χ1v) is 31.0. The van der Waals surface area contributed by atoms with Crippen molar-refractivity contribution in [1.29, 1.82) is 0 Å². The second-order valence-corrected chi connectivity index (χ2v) is 24.1. The number of amides is 10. The number of piperazine rings is 1. The Bertz CT molecular complexity index is 2570. The molecule has 0 aromatic heterocycles. The molecule has 10 amide bonds. The number of primary amides is 1. The van der Waals surface area contributed by atoms with Crippen LogP contribution < -0.4 is 32.3 Å². The lowest BCUT2D eigenvalue weighted by Gasteiger charge is -2.35. The van der Waals surface area contributed by atoms with Gasteiger partial charge in [-0.25, -0.2) is 14.4 Å². The van der Waals surface area contributed by atoms with E-state index >= 15 is 0 Å². The van der Waals surface area contributed by atoms with E-state index in [2.05, 4.69) is 79.4 Å². The molecule has 0 aliphatic carbocycles. The van der Waals surface area contributed by atoms with E-state index in [0.717, 1.165) is 29.7 Å². The van der Waals surface area contributed by atoms with Gasteiger partial charge in [0.1, 0.15) is 25.3 Å². The maximum Gasteiger partial charge on any atom is 0.410 e. The van der Waals surface area contributed by atoms with Crippen molar-refractivity contribution in [1.82, 2.24) is 36.0 Å². The molecule has 4 aliphatic rings. The Hall–Kier alpha value is -6.93. The average Bonchev–Trinajstić information content (AvgIpc) is 1.84. The number of hydrogen-bond acceptors (Lipinski definition) is 16. The molecule has 0 radical (unpaired) electrons. The predicted octanol–water partition coefficient (Wildman–Crippen LogP) is 5.00. The number of imide groups is 1. The summed E-state index contributed by atoms with van der Waals surface area (Å²) in [6, 6.07) is 3.80. The normalized spacial score (nSPS) is 22.4. The number of allylic oxidation sites excluding steroid dienone is 3. The SMILES string of the molecule is CO[C@H]([C@@H](C)[C@H]1O[C@]1(C)C[C@H](C)/C=C/C=C(\C)[C@H]1O[C@@H](CNC(=O)CCOCCOC(=O)N2CCN(C(=O)OCc3ccc(NC(=O)[C@H](CCCNC(N)=O)NC(=O)[C@@H](NC(=O)CCCCCN4C(=O)C=CC4=O)C(C)C)cc3)CC2)CC[C@@H]1C)[C@@H](C)O. The lowest BCUT2D eigenvalue weighted by molar-refractivity contribution is -0.137. The van der Waals surface area contributed by atoms with Crippen LogP contribution in [0.1, 0.15) is 125 Å². The topological polar surface area (TPSA) is 328 Å². The highest BCUT2D eigenvalue weighted by Crippen LogP contribution is 2.47. The molecule has 4 heterocycles. The van der Waals surface area contributed by atoms with Crippen LogP contribution in [-0.2, 0) is 63.8 Å². The van der Waals surface area contributed by atoms with E-state index in [9.17, 15) is 48.3 Å². The van der Waals surface area contributed by atoms with Gasteiger partial charge in [-0.3, -0.25) is 33.7 Å². The number of anilines is 1. The molecule has 3 saturated heterocycles. The number of nitrogens with two attached hydrogens (primary N) is 1. The summed E-state index contributed by atoms with van der Waals surface area (Å²) >= 11 is 0. The monoisotopic (exact) mass is 1240 g/mol. The fourth-order valence-corrected chi connectivity index (χ4v) is 11.3. The number of aliphatic hydroxyl groups is 1. The third-order valence-corrected chi connectivity index (χ3v) is 16.3. The van der Waals surface area contributed by atoms with Crippen molar-refractivity contribution >= 4 is 59.3 Å². The number of rotatable bonds is 35. The molecule has 3 fully saturated rings. The van der Waals surface area contributed by atoms with Gasteiger partial charge in [-0.1, -0.05) is 71.4 Å². The minimum Gasteiger partial charge on any atom is -0.447 e. The van der Waals surface area contributed by atoms with Crippen LogP contribution in [0.4, 0.5) is 20.1 Å². The van der Waals surface area contributed by atoms with Crippen molar-refractivity contribution in [3.63, 3.8) is 0 Å². The van der Waals surface area contributed by atoms with E-state index in [-0.39, 0.29) is 163 Å². The minimum absolute atomic E-state index is 0.0123. The molecule has 0 spiro atoms. The molecule has 25 nitrogen and oxygen atoms in total. The number of unbranched alkanes of at least 4 members (excludes halogenated alkanes) is 2. The van der Waals surface area contributed by atoms with Crippen molar-refractivity contribution in [2.45, 2.75) is 174 Å². The summed E-state index contributed by atoms with van der Waals surface area (Å²) < 4.78 is 34.7. The van der Waals surface area contributed by atoms with Crippen molar-refractivity contribution in [2.24, 2.45) is 29.4 Å². The van der Waals surface area contributed by atoms with Gasteiger partial charge < -0.3 is 75.6 Å². The Morgan fingerprint density at radius 2 is 1.49 bits per heavy atom. The zero-order valence-electron chi connectivity index (χ0n) is 52.9. The molecule has 0 bridgehead atoms. The first-order chi connectivity index (χ1) is 41.9. The molecule has 4 aliphatic heterocycles. The molecule has 11 atom stereocenters. The lowest BCUT2D eigenvalue weighted by atomic mass is 9.85. The summed E-state index contributed by atoms with van der Waals surface area (Å²) in [5.74, 6) is -2.05. The number of ether oxygens (including phenoxy) is 6. The van der Waals surface area contributed by atoms with Crippen LogP contribution in [0.25, 0.3) is 0 Å². The summed E-state index contributed by atoms with van der Waals surface area (Å²) in [6.07, 6.45) is 11.6. The number of carbonyl (C=O) groups excluding carboxylic acids is 9. The van der Waals surface area contributed by atoms with Gasteiger partial charge in [0.15, 0.2) is 0 Å². The number of aliphatic hydroxyl groups excluding tert-OH is 1. The third-order valence-electron chi connectivity index (χ3n) is 16.3. The third kappa shape index (κ3) is 23.5. The number of urea groups is 1. The molecule has 0 unspecified atom stereocenters. The average molecular weight is 1240 g/mol. The van der Waals surface area contributed by atoms with Gasteiger partial charge in [-0.05, 0) is 107 Å². The molecular formula is C63H97N9O16. The smallest absolute Gasteiger partial charge is 0.410 e. The second-order valence-electron chi connectivity index (χ2n) is 24.1. The maximum absolute atomic E-state index is 13.6. The number of nitrogens with zero attached hydrogens (tertiary/aromatic N) is 3. The van der Waals surface area contributed by atoms with E-state index < -0.39 is 48.2 Å². The fraction of sp³-hybridized carbons (Fsp3) is 0.667. The number of hydrogen-bond donors (Lipinski definition) is 7. The van der Waals surface area contributed by atoms with Crippen LogP contribution in [0.15, 0.2) is 60.2 Å². The number of methoxy groups -OCH3 is 1. The number of epoxide rings is 1. The molecule has 25 heteroatoms. The van der Waals surface area contributed by atoms with Crippen LogP contribution in [0.5, 0.6) is 0 Å². The van der Waals surface area contributed by atoms with E-state index in [1.54, 1.807) is 52.1 Å². The number of carbonyl (C=O) groups is 9. The van der Waals surface area contributed by atoms with E-state index in [0.29, 0.717) is 43.0 Å². The first-order valence-electron chi connectivity index (χ1n) is 31.0. The highest BCUT2D eigenvalue weighted by Gasteiger charge is 2.57. The molecule has 5 rings (SSSR count). The van der Waals surface area contributed by atoms with Crippen LogP contribution >= 0.6 is 0 Å². The first kappa shape index (κ1) is 71.8. The highest BCUT2D eigenvalue weighted by molar-refractivity contribution is 6.12. The molecule has 1 aromatic carbocycles. The van der Waals surface area contributed by atoms with Gasteiger partial charge in [0.05, 0.1) is 49.3 Å². The minimum atomic E-state index is -1.06. The number of benzene rings is 1. The Kier molecular flexibility index (Phi) is 29.3.